The zero-order valence-corrected chi connectivity index (χ0v) is 24.1. The molecule has 0 amide bonds. The first kappa shape index (κ1) is 26.8. The lowest BCUT2D eigenvalue weighted by molar-refractivity contribution is -0.153. The van der Waals surface area contributed by atoms with E-state index in [1.165, 1.54) is 23.8 Å². The van der Waals surface area contributed by atoms with E-state index in [1.54, 1.807) is 6.07 Å². The van der Waals surface area contributed by atoms with Crippen molar-refractivity contribution in [3.05, 3.63) is 94.3 Å². The number of carbonyl (C=O) groups excluding carboxylic acids is 1. The molecule has 0 radical (unpaired) electrons. The zero-order valence-electron chi connectivity index (χ0n) is 24.1. The highest BCUT2D eigenvalue weighted by Crippen LogP contribution is 2.56. The number of methoxy groups -OCH3 is 1. The van der Waals surface area contributed by atoms with Crippen molar-refractivity contribution in [2.75, 3.05) is 7.11 Å². The van der Waals surface area contributed by atoms with Gasteiger partial charge in [-0.2, -0.15) is 0 Å². The summed E-state index contributed by atoms with van der Waals surface area (Å²) in [7, 11) is 1.49. The molecule has 40 heavy (non-hydrogen) atoms. The Balaban J connectivity index is 1.31. The van der Waals surface area contributed by atoms with Crippen molar-refractivity contribution in [2.45, 2.75) is 77.7 Å². The standard InChI is InChI=1S/C36H39FO3/c1-23-9-14-33(37)29(19-23)27-13-10-24(20-28(27)30-8-6-16-35(30,2)3)22-40-26-12-11-25-7-5-17-36(32(25)21-26)18-15-31(36)34(38)39-4/h8-14,19-21,31H,5-7,15-18,22H2,1-4H3/t31-,36+/m1/s1. The van der Waals surface area contributed by atoms with E-state index in [1.807, 2.05) is 19.1 Å². The van der Waals surface area contributed by atoms with Crippen molar-refractivity contribution >= 4 is 11.5 Å². The normalized spacial score (nSPS) is 22.8. The first-order valence-corrected chi connectivity index (χ1v) is 14.7. The molecule has 6 rings (SSSR count). The van der Waals surface area contributed by atoms with Crippen LogP contribution in [0.4, 0.5) is 4.39 Å². The van der Waals surface area contributed by atoms with Crippen molar-refractivity contribution in [1.29, 1.82) is 0 Å². The fourth-order valence-corrected chi connectivity index (χ4v) is 7.41. The van der Waals surface area contributed by atoms with Crippen LogP contribution in [0, 0.1) is 24.1 Å². The lowest BCUT2D eigenvalue weighted by Gasteiger charge is -2.51. The second kappa shape index (κ2) is 10.2. The minimum Gasteiger partial charge on any atom is -0.489 e. The lowest BCUT2D eigenvalue weighted by atomic mass is 9.52. The molecule has 3 aliphatic carbocycles. The van der Waals surface area contributed by atoms with E-state index < -0.39 is 0 Å². The summed E-state index contributed by atoms with van der Waals surface area (Å²) in [5.41, 5.74) is 8.55. The summed E-state index contributed by atoms with van der Waals surface area (Å²) in [6, 6.07) is 18.0. The Labute approximate surface area is 237 Å². The van der Waals surface area contributed by atoms with Gasteiger partial charge < -0.3 is 9.47 Å². The van der Waals surface area contributed by atoms with Crippen molar-refractivity contribution in [3.8, 4) is 16.9 Å². The molecule has 0 bridgehead atoms. The van der Waals surface area contributed by atoms with Gasteiger partial charge in [0.1, 0.15) is 18.2 Å². The summed E-state index contributed by atoms with van der Waals surface area (Å²) in [6.45, 7) is 6.97. The molecule has 3 aliphatic rings. The highest BCUT2D eigenvalue weighted by atomic mass is 19.1. The first-order chi connectivity index (χ1) is 19.2. The second-order valence-corrected chi connectivity index (χ2v) is 12.6. The van der Waals surface area contributed by atoms with E-state index in [0.29, 0.717) is 12.2 Å². The number of hydrogen-bond donors (Lipinski definition) is 0. The molecule has 3 aromatic rings. The number of aryl methyl sites for hydroxylation is 2. The van der Waals surface area contributed by atoms with Gasteiger partial charge in [0.05, 0.1) is 13.0 Å². The monoisotopic (exact) mass is 538 g/mol. The molecular formula is C36H39FO3. The minimum absolute atomic E-state index is 0.0281. The van der Waals surface area contributed by atoms with E-state index in [-0.39, 0.29) is 28.5 Å². The number of benzene rings is 3. The van der Waals surface area contributed by atoms with Gasteiger partial charge in [0.2, 0.25) is 0 Å². The molecule has 0 saturated heterocycles. The summed E-state index contributed by atoms with van der Waals surface area (Å²) < 4.78 is 26.6. The number of fused-ring (bicyclic) bond motifs is 2. The van der Waals surface area contributed by atoms with E-state index in [0.717, 1.165) is 72.9 Å². The number of rotatable bonds is 6. The number of esters is 1. The highest BCUT2D eigenvalue weighted by Gasteiger charge is 2.53. The predicted octanol–water partition coefficient (Wildman–Crippen LogP) is 8.74. The molecule has 3 nitrogen and oxygen atoms in total. The predicted molar refractivity (Wildman–Crippen MR) is 158 cm³/mol. The third-order valence-corrected chi connectivity index (χ3v) is 9.76. The summed E-state index contributed by atoms with van der Waals surface area (Å²) >= 11 is 0. The third-order valence-electron chi connectivity index (χ3n) is 9.76. The number of ether oxygens (including phenoxy) is 2. The van der Waals surface area contributed by atoms with Gasteiger partial charge >= 0.3 is 5.97 Å². The van der Waals surface area contributed by atoms with Crippen LogP contribution in [0.3, 0.4) is 0 Å². The molecule has 0 aromatic heterocycles. The van der Waals surface area contributed by atoms with Crippen LogP contribution >= 0.6 is 0 Å². The molecule has 0 heterocycles. The van der Waals surface area contributed by atoms with Crippen molar-refractivity contribution in [2.24, 2.45) is 11.3 Å². The topological polar surface area (TPSA) is 35.5 Å². The van der Waals surface area contributed by atoms with Gasteiger partial charge in [-0.25, -0.2) is 4.39 Å². The summed E-state index contributed by atoms with van der Waals surface area (Å²) in [6.07, 6.45) is 9.50. The average molecular weight is 539 g/mol. The van der Waals surface area contributed by atoms with Crippen LogP contribution in [-0.4, -0.2) is 13.1 Å². The molecule has 208 valence electrons. The molecular weight excluding hydrogens is 499 g/mol. The van der Waals surface area contributed by atoms with Gasteiger partial charge in [-0.15, -0.1) is 0 Å². The lowest BCUT2D eigenvalue weighted by Crippen LogP contribution is -2.50. The van der Waals surface area contributed by atoms with Crippen molar-refractivity contribution in [3.63, 3.8) is 0 Å². The molecule has 0 aliphatic heterocycles. The Bertz CT molecular complexity index is 1500. The van der Waals surface area contributed by atoms with Crippen molar-refractivity contribution < 1.29 is 18.7 Å². The van der Waals surface area contributed by atoms with Crippen LogP contribution in [0.5, 0.6) is 5.75 Å². The molecule has 1 fully saturated rings. The van der Waals surface area contributed by atoms with Crippen LogP contribution in [0.2, 0.25) is 0 Å². The first-order valence-electron chi connectivity index (χ1n) is 14.7. The highest BCUT2D eigenvalue weighted by molar-refractivity contribution is 5.85. The molecule has 3 aromatic carbocycles. The van der Waals surface area contributed by atoms with Gasteiger partial charge in [-0.3, -0.25) is 4.79 Å². The fraction of sp³-hybridized carbons (Fsp3) is 0.417. The molecule has 1 saturated carbocycles. The zero-order chi connectivity index (χ0) is 28.1. The van der Waals surface area contributed by atoms with Crippen LogP contribution in [-0.2, 0) is 28.0 Å². The minimum atomic E-state index is -0.198. The van der Waals surface area contributed by atoms with E-state index in [9.17, 15) is 4.79 Å². The van der Waals surface area contributed by atoms with Crippen LogP contribution in [0.25, 0.3) is 16.7 Å². The van der Waals surface area contributed by atoms with Crippen LogP contribution < -0.4 is 4.74 Å². The van der Waals surface area contributed by atoms with Crippen LogP contribution in [0.15, 0.2) is 60.7 Å². The van der Waals surface area contributed by atoms with Gasteiger partial charge in [0.25, 0.3) is 0 Å². The second-order valence-electron chi connectivity index (χ2n) is 12.6. The molecule has 4 heteroatoms. The van der Waals surface area contributed by atoms with Crippen molar-refractivity contribution in [1.82, 2.24) is 0 Å². The maximum atomic E-state index is 15.0. The van der Waals surface area contributed by atoms with Gasteiger partial charge in [0.15, 0.2) is 0 Å². The largest absolute Gasteiger partial charge is 0.489 e. The smallest absolute Gasteiger partial charge is 0.309 e. The molecule has 2 atom stereocenters. The van der Waals surface area contributed by atoms with E-state index >= 15 is 4.39 Å². The van der Waals surface area contributed by atoms with Gasteiger partial charge in [-0.05, 0) is 121 Å². The number of carbonyl (C=O) groups is 1. The Hall–Kier alpha value is -3.40. The number of halogens is 1. The maximum absolute atomic E-state index is 15.0. The number of allylic oxidation sites excluding steroid dienone is 2. The molecule has 1 spiro atoms. The summed E-state index contributed by atoms with van der Waals surface area (Å²) in [5.74, 6) is 0.474. The Kier molecular flexibility index (Phi) is 6.84. The summed E-state index contributed by atoms with van der Waals surface area (Å²) in [4.78, 5) is 12.5. The fourth-order valence-electron chi connectivity index (χ4n) is 7.41. The third kappa shape index (κ3) is 4.56. The van der Waals surface area contributed by atoms with E-state index in [2.05, 4.69) is 56.3 Å². The quantitative estimate of drug-likeness (QED) is 0.294. The van der Waals surface area contributed by atoms with Gasteiger partial charge in [0, 0.05) is 11.0 Å². The number of hydrogen-bond acceptors (Lipinski definition) is 3. The van der Waals surface area contributed by atoms with E-state index in [4.69, 9.17) is 9.47 Å². The van der Waals surface area contributed by atoms with Gasteiger partial charge in [-0.1, -0.05) is 49.8 Å². The Morgan fingerprint density at radius 2 is 1.82 bits per heavy atom. The van der Waals surface area contributed by atoms with Crippen LogP contribution in [0.1, 0.15) is 80.2 Å². The average Bonchev–Trinajstić information content (AvgIpc) is 3.30. The molecule has 0 unspecified atom stereocenters. The maximum Gasteiger partial charge on any atom is 0.309 e. The summed E-state index contributed by atoms with van der Waals surface area (Å²) in [5, 5.41) is 0. The molecule has 0 N–H and O–H groups in total. The Morgan fingerprint density at radius 3 is 2.55 bits per heavy atom. The SMILES string of the molecule is COC(=O)[C@H]1CC[C@@]12CCCc1ccc(OCc3ccc(-c4cc(C)ccc4F)c(C4=CCCC4(C)C)c3)cc12. The Morgan fingerprint density at radius 1 is 0.975 bits per heavy atom.